The van der Waals surface area contributed by atoms with E-state index < -0.39 is 10.7 Å². The van der Waals surface area contributed by atoms with Crippen molar-refractivity contribution in [2.45, 2.75) is 31.8 Å². The minimum absolute atomic E-state index is 0.0977. The van der Waals surface area contributed by atoms with Crippen LogP contribution in [0.1, 0.15) is 19.8 Å². The van der Waals surface area contributed by atoms with Crippen LogP contribution >= 0.6 is 11.6 Å². The Kier molecular flexibility index (Phi) is 4.45. The molecular weight excluding hydrogens is 285 g/mol. The van der Waals surface area contributed by atoms with Crippen molar-refractivity contribution in [3.63, 3.8) is 0 Å². The molecule has 1 N–H and O–H groups in total. The monoisotopic (exact) mass is 301 g/mol. The molecule has 0 spiro atoms. The maximum absolute atomic E-state index is 13.5. The lowest BCUT2D eigenvalue weighted by atomic mass is 9.98. The fourth-order valence-corrected chi connectivity index (χ4v) is 2.60. The second-order valence-corrected chi connectivity index (χ2v) is 5.64. The summed E-state index contributed by atoms with van der Waals surface area (Å²) >= 11 is 5.60. The Balaban J connectivity index is 2.20. The van der Waals surface area contributed by atoms with E-state index in [1.54, 1.807) is 0 Å². The van der Waals surface area contributed by atoms with Crippen molar-refractivity contribution in [1.82, 2.24) is 4.90 Å². The number of halogens is 2. The number of anilines is 1. The Morgan fingerprint density at radius 1 is 1.55 bits per heavy atom. The average Bonchev–Trinajstić information content (AvgIpc) is 2.37. The number of nitrogens with one attached hydrogen (secondary N) is 1. The van der Waals surface area contributed by atoms with Crippen LogP contribution in [0.25, 0.3) is 0 Å². The number of hydrogen-bond donors (Lipinski definition) is 1. The molecule has 1 heterocycles. The zero-order chi connectivity index (χ0) is 14.9. The predicted octanol–water partition coefficient (Wildman–Crippen LogP) is 3.28. The van der Waals surface area contributed by atoms with Gasteiger partial charge in [-0.25, -0.2) is 4.39 Å². The number of rotatable bonds is 3. The van der Waals surface area contributed by atoms with Gasteiger partial charge in [-0.3, -0.25) is 10.1 Å². The summed E-state index contributed by atoms with van der Waals surface area (Å²) in [6.45, 7) is 3.01. The lowest BCUT2D eigenvalue weighted by Gasteiger charge is -2.35. The van der Waals surface area contributed by atoms with Crippen LogP contribution in [0.3, 0.4) is 0 Å². The molecular formula is C13H17ClFN3O2. The molecule has 5 nitrogen and oxygen atoms in total. The van der Waals surface area contributed by atoms with E-state index in [1.807, 2.05) is 7.05 Å². The highest BCUT2D eigenvalue weighted by molar-refractivity contribution is 6.31. The topological polar surface area (TPSA) is 58.4 Å². The van der Waals surface area contributed by atoms with Crippen LogP contribution in [0.15, 0.2) is 12.1 Å². The summed E-state index contributed by atoms with van der Waals surface area (Å²) in [6, 6.07) is 2.64. The summed E-state index contributed by atoms with van der Waals surface area (Å²) in [5.41, 5.74) is 0.00151. The first-order valence-corrected chi connectivity index (χ1v) is 6.86. The van der Waals surface area contributed by atoms with Gasteiger partial charge in [0.25, 0.3) is 5.69 Å². The third-order valence-electron chi connectivity index (χ3n) is 3.80. The average molecular weight is 302 g/mol. The number of benzene rings is 1. The Morgan fingerprint density at radius 2 is 2.25 bits per heavy atom. The molecule has 1 fully saturated rings. The van der Waals surface area contributed by atoms with E-state index in [-0.39, 0.29) is 22.4 Å². The number of nitro benzene ring substituents is 1. The highest BCUT2D eigenvalue weighted by atomic mass is 35.5. The van der Waals surface area contributed by atoms with Crippen molar-refractivity contribution in [1.29, 1.82) is 0 Å². The van der Waals surface area contributed by atoms with Crippen molar-refractivity contribution in [3.8, 4) is 0 Å². The molecule has 0 aromatic heterocycles. The molecule has 0 aliphatic carbocycles. The summed E-state index contributed by atoms with van der Waals surface area (Å²) in [5, 5.41) is 13.9. The number of nitrogens with zero attached hydrogens (tertiary/aromatic N) is 2. The van der Waals surface area contributed by atoms with Crippen molar-refractivity contribution in [2.24, 2.45) is 0 Å². The summed E-state index contributed by atoms with van der Waals surface area (Å²) < 4.78 is 13.5. The SMILES string of the molecule is CC1CC(Nc2cc(F)c(Cl)cc2[N+](=O)[O-])CCN1C. The number of piperidine rings is 1. The van der Waals surface area contributed by atoms with Crippen molar-refractivity contribution < 1.29 is 9.31 Å². The molecule has 1 saturated heterocycles. The Labute approximate surface area is 121 Å². The van der Waals surface area contributed by atoms with Gasteiger partial charge in [0, 0.05) is 30.8 Å². The molecule has 1 aromatic carbocycles. The predicted molar refractivity (Wildman–Crippen MR) is 76.8 cm³/mol. The van der Waals surface area contributed by atoms with E-state index in [1.165, 1.54) is 0 Å². The van der Waals surface area contributed by atoms with Crippen LogP contribution in [0.5, 0.6) is 0 Å². The molecule has 2 atom stereocenters. The first-order valence-electron chi connectivity index (χ1n) is 6.48. The van der Waals surface area contributed by atoms with Gasteiger partial charge in [-0.2, -0.15) is 0 Å². The largest absolute Gasteiger partial charge is 0.377 e. The maximum atomic E-state index is 13.5. The fourth-order valence-electron chi connectivity index (χ4n) is 2.44. The van der Waals surface area contributed by atoms with Crippen LogP contribution in [-0.4, -0.2) is 35.5 Å². The Hall–Kier alpha value is -1.40. The van der Waals surface area contributed by atoms with E-state index in [4.69, 9.17) is 11.6 Å². The molecule has 0 saturated carbocycles. The maximum Gasteiger partial charge on any atom is 0.294 e. The third-order valence-corrected chi connectivity index (χ3v) is 4.09. The van der Waals surface area contributed by atoms with Gasteiger partial charge in [-0.15, -0.1) is 0 Å². The molecule has 110 valence electrons. The quantitative estimate of drug-likeness (QED) is 0.687. The zero-order valence-electron chi connectivity index (χ0n) is 11.4. The molecule has 2 rings (SSSR count). The second-order valence-electron chi connectivity index (χ2n) is 5.24. The van der Waals surface area contributed by atoms with Crippen molar-refractivity contribution in [2.75, 3.05) is 18.9 Å². The van der Waals surface area contributed by atoms with Gasteiger partial charge in [-0.05, 0) is 26.8 Å². The minimum Gasteiger partial charge on any atom is -0.377 e. The van der Waals surface area contributed by atoms with Gasteiger partial charge >= 0.3 is 0 Å². The molecule has 0 radical (unpaired) electrons. The lowest BCUT2D eigenvalue weighted by molar-refractivity contribution is -0.384. The Bertz CT molecular complexity index is 527. The number of nitro groups is 1. The summed E-state index contributed by atoms with van der Waals surface area (Å²) in [7, 11) is 2.05. The molecule has 1 aliphatic heterocycles. The van der Waals surface area contributed by atoms with Crippen molar-refractivity contribution >= 4 is 23.0 Å². The standard InChI is InChI=1S/C13H17ClFN3O2/c1-8-5-9(3-4-17(8)2)16-12-7-11(15)10(14)6-13(12)18(19)20/h6-9,16H,3-5H2,1-2H3. The van der Waals surface area contributed by atoms with Gasteiger partial charge in [0.1, 0.15) is 11.5 Å². The van der Waals surface area contributed by atoms with E-state index in [0.29, 0.717) is 6.04 Å². The van der Waals surface area contributed by atoms with Gasteiger partial charge in [0.15, 0.2) is 0 Å². The molecule has 1 aliphatic rings. The van der Waals surface area contributed by atoms with Crippen LogP contribution in [0.4, 0.5) is 15.8 Å². The molecule has 0 amide bonds. The second kappa shape index (κ2) is 5.93. The zero-order valence-corrected chi connectivity index (χ0v) is 12.2. The molecule has 0 bridgehead atoms. The lowest BCUT2D eigenvalue weighted by Crippen LogP contribution is -2.42. The van der Waals surface area contributed by atoms with Gasteiger partial charge in [0.2, 0.25) is 0 Å². The highest BCUT2D eigenvalue weighted by Gasteiger charge is 2.25. The van der Waals surface area contributed by atoms with Crippen LogP contribution < -0.4 is 5.32 Å². The van der Waals surface area contributed by atoms with Gasteiger partial charge in [-0.1, -0.05) is 11.6 Å². The molecule has 2 unspecified atom stereocenters. The molecule has 7 heteroatoms. The van der Waals surface area contributed by atoms with E-state index in [0.717, 1.165) is 31.5 Å². The number of likely N-dealkylation sites (tertiary alicyclic amines) is 1. The normalized spacial score (nSPS) is 23.6. The van der Waals surface area contributed by atoms with E-state index in [2.05, 4.69) is 17.1 Å². The van der Waals surface area contributed by atoms with Gasteiger partial charge in [0.05, 0.1) is 9.95 Å². The van der Waals surface area contributed by atoms with Crippen molar-refractivity contribution in [3.05, 3.63) is 33.1 Å². The summed E-state index contributed by atoms with van der Waals surface area (Å²) in [6.07, 6.45) is 1.72. The van der Waals surface area contributed by atoms with Crippen LogP contribution in [0, 0.1) is 15.9 Å². The smallest absolute Gasteiger partial charge is 0.294 e. The highest BCUT2D eigenvalue weighted by Crippen LogP contribution is 2.32. The number of hydrogen-bond acceptors (Lipinski definition) is 4. The molecule has 20 heavy (non-hydrogen) atoms. The minimum atomic E-state index is -0.652. The van der Waals surface area contributed by atoms with E-state index in [9.17, 15) is 14.5 Å². The third kappa shape index (κ3) is 3.19. The first-order chi connectivity index (χ1) is 9.38. The fraction of sp³-hybridized carbons (Fsp3) is 0.538. The summed E-state index contributed by atoms with van der Waals surface area (Å²) in [4.78, 5) is 12.7. The van der Waals surface area contributed by atoms with Crippen LogP contribution in [0.2, 0.25) is 5.02 Å². The first kappa shape index (κ1) is 15.0. The van der Waals surface area contributed by atoms with Gasteiger partial charge < -0.3 is 10.2 Å². The molecule has 1 aromatic rings. The van der Waals surface area contributed by atoms with E-state index >= 15 is 0 Å². The summed E-state index contributed by atoms with van der Waals surface area (Å²) in [5.74, 6) is -0.652. The van der Waals surface area contributed by atoms with Crippen LogP contribution in [-0.2, 0) is 0 Å². The Morgan fingerprint density at radius 3 is 2.85 bits per heavy atom.